The van der Waals surface area contributed by atoms with Gasteiger partial charge in [0.25, 0.3) is 5.91 Å². The van der Waals surface area contributed by atoms with Crippen molar-refractivity contribution in [2.45, 2.75) is 19.9 Å². The number of rotatable bonds is 8. The molecular formula is C21H21N3O3. The number of ether oxygens (including phenoxy) is 1. The summed E-state index contributed by atoms with van der Waals surface area (Å²) in [6.45, 7) is 2.11. The molecule has 0 spiro atoms. The van der Waals surface area contributed by atoms with Crippen LogP contribution in [0, 0.1) is 0 Å². The molecule has 1 heterocycles. The van der Waals surface area contributed by atoms with Crippen molar-refractivity contribution >= 4 is 11.7 Å². The Balaban J connectivity index is 1.53. The van der Waals surface area contributed by atoms with Gasteiger partial charge in [-0.2, -0.15) is 5.10 Å². The van der Waals surface area contributed by atoms with Crippen molar-refractivity contribution in [2.75, 3.05) is 6.61 Å². The van der Waals surface area contributed by atoms with E-state index < -0.39 is 0 Å². The minimum atomic E-state index is -0.223. The molecule has 3 aromatic rings. The number of para-hydroxylation sites is 1. The van der Waals surface area contributed by atoms with Crippen LogP contribution in [0.25, 0.3) is 5.69 Å². The molecule has 27 heavy (non-hydrogen) atoms. The molecular weight excluding hydrogens is 342 g/mol. The van der Waals surface area contributed by atoms with E-state index in [4.69, 9.17) is 4.74 Å². The first-order chi connectivity index (χ1) is 13.2. The fourth-order valence-corrected chi connectivity index (χ4v) is 2.63. The number of nitrogens with zero attached hydrogens (tertiary/aromatic N) is 2. The third-order valence-corrected chi connectivity index (χ3v) is 4.09. The second kappa shape index (κ2) is 8.80. The quantitative estimate of drug-likeness (QED) is 0.624. The lowest BCUT2D eigenvalue weighted by atomic mass is 10.1. The number of carbonyl (C=O) groups is 2. The second-order valence-corrected chi connectivity index (χ2v) is 5.95. The predicted molar refractivity (Wildman–Crippen MR) is 102 cm³/mol. The Morgan fingerprint density at radius 2 is 1.85 bits per heavy atom. The first-order valence-electron chi connectivity index (χ1n) is 8.78. The first kappa shape index (κ1) is 18.4. The first-order valence-corrected chi connectivity index (χ1v) is 8.78. The van der Waals surface area contributed by atoms with Crippen LogP contribution >= 0.6 is 0 Å². The summed E-state index contributed by atoms with van der Waals surface area (Å²) in [7, 11) is 0. The zero-order valence-corrected chi connectivity index (χ0v) is 15.1. The van der Waals surface area contributed by atoms with E-state index in [2.05, 4.69) is 10.4 Å². The van der Waals surface area contributed by atoms with Gasteiger partial charge in [-0.3, -0.25) is 9.59 Å². The van der Waals surface area contributed by atoms with Gasteiger partial charge in [0.1, 0.15) is 5.75 Å². The molecule has 0 aliphatic heterocycles. The van der Waals surface area contributed by atoms with Crippen molar-refractivity contribution < 1.29 is 14.3 Å². The van der Waals surface area contributed by atoms with Crippen LogP contribution < -0.4 is 10.1 Å². The average Bonchev–Trinajstić information content (AvgIpc) is 3.25. The summed E-state index contributed by atoms with van der Waals surface area (Å²) >= 11 is 0. The number of aromatic nitrogens is 2. The minimum Gasteiger partial charge on any atom is -0.484 e. The van der Waals surface area contributed by atoms with Crippen LogP contribution in [-0.2, 0) is 11.3 Å². The lowest BCUT2D eigenvalue weighted by molar-refractivity contribution is -0.123. The molecule has 0 aliphatic rings. The van der Waals surface area contributed by atoms with Gasteiger partial charge in [0.05, 0.1) is 5.69 Å². The van der Waals surface area contributed by atoms with Crippen molar-refractivity contribution in [2.24, 2.45) is 0 Å². The summed E-state index contributed by atoms with van der Waals surface area (Å²) in [5.41, 5.74) is 2.52. The number of Topliss-reactive ketones (excluding diaryl/α,β-unsaturated/α-hetero) is 1. The number of hydrogen-bond acceptors (Lipinski definition) is 4. The van der Waals surface area contributed by atoms with Gasteiger partial charge in [-0.15, -0.1) is 0 Å². The molecule has 6 nitrogen and oxygen atoms in total. The summed E-state index contributed by atoms with van der Waals surface area (Å²) in [6, 6.07) is 16.4. The van der Waals surface area contributed by atoms with Crippen molar-refractivity contribution in [3.63, 3.8) is 0 Å². The molecule has 3 rings (SSSR count). The maximum atomic E-state index is 12.1. The minimum absolute atomic E-state index is 0.0788. The molecule has 0 radical (unpaired) electrons. The Morgan fingerprint density at radius 3 is 2.56 bits per heavy atom. The monoisotopic (exact) mass is 363 g/mol. The summed E-state index contributed by atoms with van der Waals surface area (Å²) in [5.74, 6) is 0.406. The Kier molecular flexibility index (Phi) is 5.99. The van der Waals surface area contributed by atoms with Crippen LogP contribution in [0.1, 0.15) is 29.3 Å². The number of benzene rings is 2. The van der Waals surface area contributed by atoms with Crippen LogP contribution in [0.4, 0.5) is 0 Å². The van der Waals surface area contributed by atoms with E-state index in [0.717, 1.165) is 11.3 Å². The molecule has 6 heteroatoms. The zero-order chi connectivity index (χ0) is 19.1. The van der Waals surface area contributed by atoms with Crippen LogP contribution in [0.3, 0.4) is 0 Å². The lowest BCUT2D eigenvalue weighted by Gasteiger charge is -2.11. The van der Waals surface area contributed by atoms with Gasteiger partial charge in [-0.05, 0) is 42.0 Å². The molecule has 0 saturated heterocycles. The van der Waals surface area contributed by atoms with Crippen LogP contribution in [0.2, 0.25) is 0 Å². The summed E-state index contributed by atoms with van der Waals surface area (Å²) in [6.07, 6.45) is 4.03. The maximum absolute atomic E-state index is 12.1. The number of carbonyl (C=O) groups excluding carboxylic acids is 2. The Bertz CT molecular complexity index is 903. The van der Waals surface area contributed by atoms with Gasteiger partial charge in [0, 0.05) is 30.9 Å². The molecule has 138 valence electrons. The van der Waals surface area contributed by atoms with Gasteiger partial charge < -0.3 is 10.1 Å². The van der Waals surface area contributed by atoms with E-state index in [0.29, 0.717) is 24.3 Å². The van der Waals surface area contributed by atoms with Crippen molar-refractivity contribution in [3.8, 4) is 11.4 Å². The number of nitrogens with one attached hydrogen (secondary N) is 1. The molecule has 0 bridgehead atoms. The van der Waals surface area contributed by atoms with Crippen LogP contribution in [-0.4, -0.2) is 28.1 Å². The maximum Gasteiger partial charge on any atom is 0.258 e. The Hall–Kier alpha value is -3.41. The van der Waals surface area contributed by atoms with Gasteiger partial charge in [0.2, 0.25) is 0 Å². The largest absolute Gasteiger partial charge is 0.484 e. The number of hydrogen-bond donors (Lipinski definition) is 1. The molecule has 1 amide bonds. The van der Waals surface area contributed by atoms with E-state index >= 15 is 0 Å². The van der Waals surface area contributed by atoms with Gasteiger partial charge in [-0.1, -0.05) is 25.1 Å². The highest BCUT2D eigenvalue weighted by Gasteiger charge is 2.08. The molecule has 0 aliphatic carbocycles. The highest BCUT2D eigenvalue weighted by atomic mass is 16.5. The van der Waals surface area contributed by atoms with E-state index in [-0.39, 0.29) is 18.3 Å². The summed E-state index contributed by atoms with van der Waals surface area (Å²) < 4.78 is 7.25. The third kappa shape index (κ3) is 4.82. The topological polar surface area (TPSA) is 73.2 Å². The van der Waals surface area contributed by atoms with Crippen molar-refractivity contribution in [3.05, 3.63) is 78.1 Å². The number of ketones is 1. The SMILES string of the molecule is CCC(=O)c1ccc(OCC(=O)NCc2ccccc2-n2cccn2)cc1. The molecule has 0 atom stereocenters. The van der Waals surface area contributed by atoms with E-state index in [1.54, 1.807) is 35.1 Å². The molecule has 0 saturated carbocycles. The standard InChI is InChI=1S/C21H21N3O3/c1-2-20(25)16-8-10-18(11-9-16)27-15-21(26)22-14-17-6-3-4-7-19(17)24-13-5-12-23-24/h3-13H,2,14-15H2,1H3,(H,22,26). The zero-order valence-electron chi connectivity index (χ0n) is 15.1. The van der Waals surface area contributed by atoms with Crippen molar-refractivity contribution in [1.29, 1.82) is 0 Å². The molecule has 1 N–H and O–H groups in total. The Labute approximate surface area is 157 Å². The molecule has 0 unspecified atom stereocenters. The van der Waals surface area contributed by atoms with Gasteiger partial charge in [0.15, 0.2) is 12.4 Å². The average molecular weight is 363 g/mol. The molecule has 0 fully saturated rings. The van der Waals surface area contributed by atoms with E-state index in [1.807, 2.05) is 43.5 Å². The number of amides is 1. The van der Waals surface area contributed by atoms with Crippen molar-refractivity contribution in [1.82, 2.24) is 15.1 Å². The summed E-state index contributed by atoms with van der Waals surface area (Å²) in [5, 5.41) is 7.08. The molecule has 1 aromatic heterocycles. The highest BCUT2D eigenvalue weighted by molar-refractivity contribution is 5.95. The predicted octanol–water partition coefficient (Wildman–Crippen LogP) is 3.16. The normalized spacial score (nSPS) is 10.4. The molecule has 2 aromatic carbocycles. The Morgan fingerprint density at radius 1 is 1.07 bits per heavy atom. The van der Waals surface area contributed by atoms with Crippen LogP contribution in [0.15, 0.2) is 67.0 Å². The van der Waals surface area contributed by atoms with Gasteiger partial charge in [-0.25, -0.2) is 4.68 Å². The van der Waals surface area contributed by atoms with E-state index in [9.17, 15) is 9.59 Å². The van der Waals surface area contributed by atoms with E-state index in [1.165, 1.54) is 0 Å². The second-order valence-electron chi connectivity index (χ2n) is 5.95. The van der Waals surface area contributed by atoms with Gasteiger partial charge >= 0.3 is 0 Å². The highest BCUT2D eigenvalue weighted by Crippen LogP contribution is 2.14. The smallest absolute Gasteiger partial charge is 0.258 e. The lowest BCUT2D eigenvalue weighted by Crippen LogP contribution is -2.28. The fraction of sp³-hybridized carbons (Fsp3) is 0.190. The fourth-order valence-electron chi connectivity index (χ4n) is 2.63. The van der Waals surface area contributed by atoms with Crippen LogP contribution in [0.5, 0.6) is 5.75 Å². The third-order valence-electron chi connectivity index (χ3n) is 4.09. The summed E-state index contributed by atoms with van der Waals surface area (Å²) in [4.78, 5) is 23.7.